The summed E-state index contributed by atoms with van der Waals surface area (Å²) in [6.07, 6.45) is 0.749. The summed E-state index contributed by atoms with van der Waals surface area (Å²) in [4.78, 5) is 1.74. The molecule has 0 saturated carbocycles. The van der Waals surface area contributed by atoms with Gasteiger partial charge in [0.05, 0.1) is 6.54 Å². The van der Waals surface area contributed by atoms with Crippen molar-refractivity contribution in [2.45, 2.75) is 19.3 Å². The molecule has 1 aromatic rings. The standard InChI is InChI=1S/C13H20F2N2/c1-2-17(10-6-9-16)11-13(14,15)12-7-4-3-5-8-12/h3-5,7-8H,2,6,9-11,16H2,1H3. The summed E-state index contributed by atoms with van der Waals surface area (Å²) in [5.41, 5.74) is 5.47. The van der Waals surface area contributed by atoms with Crippen LogP contribution in [0.1, 0.15) is 18.9 Å². The summed E-state index contributed by atoms with van der Waals surface area (Å²) in [5, 5.41) is 0. The van der Waals surface area contributed by atoms with Crippen LogP contribution < -0.4 is 5.73 Å². The highest BCUT2D eigenvalue weighted by atomic mass is 19.3. The predicted molar refractivity (Wildman–Crippen MR) is 66.1 cm³/mol. The van der Waals surface area contributed by atoms with Crippen LogP contribution in [0, 0.1) is 0 Å². The van der Waals surface area contributed by atoms with Crippen LogP contribution >= 0.6 is 0 Å². The maximum atomic E-state index is 13.9. The first-order valence-electron chi connectivity index (χ1n) is 5.96. The molecule has 0 radical (unpaired) electrons. The van der Waals surface area contributed by atoms with E-state index in [4.69, 9.17) is 5.73 Å². The van der Waals surface area contributed by atoms with Crippen molar-refractivity contribution in [1.29, 1.82) is 0 Å². The van der Waals surface area contributed by atoms with Crippen LogP contribution in [0.4, 0.5) is 8.78 Å². The second-order valence-electron chi connectivity index (χ2n) is 4.08. The van der Waals surface area contributed by atoms with Gasteiger partial charge >= 0.3 is 0 Å². The maximum Gasteiger partial charge on any atom is 0.285 e. The van der Waals surface area contributed by atoms with Crippen LogP contribution in [0.15, 0.2) is 30.3 Å². The largest absolute Gasteiger partial charge is 0.330 e. The lowest BCUT2D eigenvalue weighted by molar-refractivity contribution is -0.0369. The maximum absolute atomic E-state index is 13.9. The Morgan fingerprint density at radius 1 is 1.24 bits per heavy atom. The molecule has 1 rings (SSSR count). The van der Waals surface area contributed by atoms with E-state index in [0.717, 1.165) is 6.42 Å². The molecule has 0 unspecified atom stereocenters. The lowest BCUT2D eigenvalue weighted by atomic mass is 10.1. The molecule has 0 heterocycles. The Morgan fingerprint density at radius 2 is 1.88 bits per heavy atom. The Kier molecular flexibility index (Phi) is 5.51. The van der Waals surface area contributed by atoms with E-state index in [-0.39, 0.29) is 12.1 Å². The van der Waals surface area contributed by atoms with E-state index >= 15 is 0 Å². The molecular formula is C13H20F2N2. The van der Waals surface area contributed by atoms with Gasteiger partial charge in [0.1, 0.15) is 0 Å². The van der Waals surface area contributed by atoms with Gasteiger partial charge in [-0.2, -0.15) is 8.78 Å². The van der Waals surface area contributed by atoms with Crippen LogP contribution in [-0.2, 0) is 5.92 Å². The van der Waals surface area contributed by atoms with E-state index in [0.29, 0.717) is 19.6 Å². The van der Waals surface area contributed by atoms with Gasteiger partial charge in [0.2, 0.25) is 0 Å². The first-order valence-corrected chi connectivity index (χ1v) is 5.96. The van der Waals surface area contributed by atoms with Gasteiger partial charge in [-0.1, -0.05) is 37.3 Å². The summed E-state index contributed by atoms with van der Waals surface area (Å²) in [7, 11) is 0. The van der Waals surface area contributed by atoms with Crippen LogP contribution in [0.5, 0.6) is 0 Å². The fraction of sp³-hybridized carbons (Fsp3) is 0.538. The Morgan fingerprint density at radius 3 is 2.41 bits per heavy atom. The second kappa shape index (κ2) is 6.67. The second-order valence-corrected chi connectivity index (χ2v) is 4.08. The number of rotatable bonds is 7. The lowest BCUT2D eigenvalue weighted by Crippen LogP contribution is -2.36. The Bertz CT molecular complexity index is 314. The van der Waals surface area contributed by atoms with E-state index in [1.807, 2.05) is 6.92 Å². The lowest BCUT2D eigenvalue weighted by Gasteiger charge is -2.26. The van der Waals surface area contributed by atoms with E-state index in [9.17, 15) is 8.78 Å². The molecule has 0 amide bonds. The molecule has 0 saturated heterocycles. The Labute approximate surface area is 101 Å². The van der Waals surface area contributed by atoms with E-state index < -0.39 is 5.92 Å². The van der Waals surface area contributed by atoms with Crippen LogP contribution in [0.3, 0.4) is 0 Å². The van der Waals surface area contributed by atoms with Crippen molar-refractivity contribution < 1.29 is 8.78 Å². The summed E-state index contributed by atoms with van der Waals surface area (Å²) >= 11 is 0. The van der Waals surface area contributed by atoms with E-state index in [2.05, 4.69) is 0 Å². The number of hydrogen-bond acceptors (Lipinski definition) is 2. The number of benzene rings is 1. The molecular weight excluding hydrogens is 222 g/mol. The van der Waals surface area contributed by atoms with Crippen molar-refractivity contribution in [3.63, 3.8) is 0 Å². The molecule has 4 heteroatoms. The SMILES string of the molecule is CCN(CCCN)CC(F)(F)c1ccccc1. The van der Waals surface area contributed by atoms with Crippen molar-refractivity contribution >= 4 is 0 Å². The fourth-order valence-electron chi connectivity index (χ4n) is 1.72. The van der Waals surface area contributed by atoms with Gasteiger partial charge in [0, 0.05) is 5.56 Å². The van der Waals surface area contributed by atoms with Gasteiger partial charge in [-0.05, 0) is 26.1 Å². The third-order valence-corrected chi connectivity index (χ3v) is 2.74. The summed E-state index contributed by atoms with van der Waals surface area (Å²) < 4.78 is 27.9. The van der Waals surface area contributed by atoms with E-state index in [1.165, 1.54) is 12.1 Å². The van der Waals surface area contributed by atoms with Crippen LogP contribution in [-0.4, -0.2) is 31.1 Å². The van der Waals surface area contributed by atoms with Gasteiger partial charge in [0.15, 0.2) is 0 Å². The zero-order valence-electron chi connectivity index (χ0n) is 10.2. The summed E-state index contributed by atoms with van der Waals surface area (Å²) in [6, 6.07) is 7.96. The average Bonchev–Trinajstić information content (AvgIpc) is 2.35. The summed E-state index contributed by atoms with van der Waals surface area (Å²) in [6.45, 7) is 3.41. The fourth-order valence-corrected chi connectivity index (χ4v) is 1.72. The molecule has 0 aliphatic carbocycles. The third-order valence-electron chi connectivity index (χ3n) is 2.74. The van der Waals surface area contributed by atoms with Crippen molar-refractivity contribution in [2.75, 3.05) is 26.2 Å². The number of likely N-dealkylation sites (N-methyl/N-ethyl adjacent to an activating group) is 1. The molecule has 0 aliphatic rings. The average molecular weight is 242 g/mol. The van der Waals surface area contributed by atoms with Crippen LogP contribution in [0.25, 0.3) is 0 Å². The molecule has 0 fully saturated rings. The van der Waals surface area contributed by atoms with Gasteiger partial charge < -0.3 is 5.73 Å². The van der Waals surface area contributed by atoms with Gasteiger partial charge in [-0.3, -0.25) is 4.90 Å². The van der Waals surface area contributed by atoms with Crippen molar-refractivity contribution in [3.05, 3.63) is 35.9 Å². The minimum atomic E-state index is -2.80. The molecule has 0 aliphatic heterocycles. The minimum Gasteiger partial charge on any atom is -0.330 e. The highest BCUT2D eigenvalue weighted by Crippen LogP contribution is 2.28. The quantitative estimate of drug-likeness (QED) is 0.795. The Balaban J connectivity index is 2.64. The number of nitrogens with zero attached hydrogens (tertiary/aromatic N) is 1. The first kappa shape index (κ1) is 14.1. The predicted octanol–water partition coefficient (Wildman–Crippen LogP) is 2.45. The zero-order valence-corrected chi connectivity index (χ0v) is 10.2. The van der Waals surface area contributed by atoms with Crippen molar-refractivity contribution in [2.24, 2.45) is 5.73 Å². The highest BCUT2D eigenvalue weighted by molar-refractivity contribution is 5.20. The molecule has 2 N–H and O–H groups in total. The Hall–Kier alpha value is -1.00. The van der Waals surface area contributed by atoms with Gasteiger partial charge in [-0.25, -0.2) is 0 Å². The zero-order chi connectivity index (χ0) is 12.7. The molecule has 1 aromatic carbocycles. The minimum absolute atomic E-state index is 0.0752. The van der Waals surface area contributed by atoms with E-state index in [1.54, 1.807) is 23.1 Å². The van der Waals surface area contributed by atoms with Gasteiger partial charge in [0.25, 0.3) is 5.92 Å². The highest BCUT2D eigenvalue weighted by Gasteiger charge is 2.33. The molecule has 0 spiro atoms. The normalized spacial score (nSPS) is 12.1. The molecule has 17 heavy (non-hydrogen) atoms. The first-order chi connectivity index (χ1) is 8.10. The molecule has 0 atom stereocenters. The monoisotopic (exact) mass is 242 g/mol. The number of halogens is 2. The summed E-state index contributed by atoms with van der Waals surface area (Å²) in [5.74, 6) is -2.80. The smallest absolute Gasteiger partial charge is 0.285 e. The number of alkyl halides is 2. The van der Waals surface area contributed by atoms with Gasteiger partial charge in [-0.15, -0.1) is 0 Å². The molecule has 2 nitrogen and oxygen atoms in total. The molecule has 0 bridgehead atoms. The molecule has 96 valence electrons. The number of nitrogens with two attached hydrogens (primary N) is 1. The van der Waals surface area contributed by atoms with Crippen molar-refractivity contribution in [1.82, 2.24) is 4.90 Å². The van der Waals surface area contributed by atoms with Crippen LogP contribution in [0.2, 0.25) is 0 Å². The number of hydrogen-bond donors (Lipinski definition) is 1. The topological polar surface area (TPSA) is 29.3 Å². The third kappa shape index (κ3) is 4.40. The molecule has 0 aromatic heterocycles. The van der Waals surface area contributed by atoms with Crippen molar-refractivity contribution in [3.8, 4) is 0 Å².